The van der Waals surface area contributed by atoms with Gasteiger partial charge in [-0.3, -0.25) is 9.78 Å². The molecule has 0 N–H and O–H groups in total. The van der Waals surface area contributed by atoms with Crippen molar-refractivity contribution >= 4 is 19.0 Å². The SMILES string of the molecule is C[B]c1cncc(C=O)c1Cc1ccccc1. The van der Waals surface area contributed by atoms with E-state index in [1.807, 2.05) is 32.3 Å². The van der Waals surface area contributed by atoms with E-state index in [1.165, 1.54) is 5.56 Å². The quantitative estimate of drug-likeness (QED) is 0.583. The third-order valence-corrected chi connectivity index (χ3v) is 2.79. The number of carbonyl (C=O) groups is 1. The molecule has 1 aromatic carbocycles. The van der Waals surface area contributed by atoms with Crippen molar-refractivity contribution in [3.05, 3.63) is 59.4 Å². The Morgan fingerprint density at radius 2 is 2.00 bits per heavy atom. The van der Waals surface area contributed by atoms with Crippen molar-refractivity contribution in [3.8, 4) is 0 Å². The second-order valence-corrected chi connectivity index (χ2v) is 3.87. The first-order chi connectivity index (χ1) is 8.35. The molecule has 0 saturated heterocycles. The summed E-state index contributed by atoms with van der Waals surface area (Å²) in [5, 5.41) is 0. The number of benzene rings is 1. The van der Waals surface area contributed by atoms with Crippen LogP contribution in [0.15, 0.2) is 42.7 Å². The van der Waals surface area contributed by atoms with E-state index in [2.05, 4.69) is 17.1 Å². The van der Waals surface area contributed by atoms with Crippen LogP contribution in [-0.4, -0.2) is 18.5 Å². The predicted octanol–water partition coefficient (Wildman–Crippen LogP) is 1.86. The van der Waals surface area contributed by atoms with E-state index < -0.39 is 0 Å². The first-order valence-electron chi connectivity index (χ1n) is 5.60. The van der Waals surface area contributed by atoms with Crippen LogP contribution in [-0.2, 0) is 6.42 Å². The molecule has 2 rings (SSSR count). The number of rotatable bonds is 4. The van der Waals surface area contributed by atoms with Crippen molar-refractivity contribution in [1.29, 1.82) is 0 Å². The third-order valence-electron chi connectivity index (χ3n) is 2.79. The second-order valence-electron chi connectivity index (χ2n) is 3.87. The van der Waals surface area contributed by atoms with Gasteiger partial charge in [0.25, 0.3) is 0 Å². The molecule has 0 aliphatic rings. The van der Waals surface area contributed by atoms with Crippen LogP contribution in [0, 0.1) is 0 Å². The van der Waals surface area contributed by atoms with Gasteiger partial charge in [0.2, 0.25) is 0 Å². The Labute approximate surface area is 102 Å². The summed E-state index contributed by atoms with van der Waals surface area (Å²) in [5.41, 5.74) is 3.94. The zero-order valence-electron chi connectivity index (χ0n) is 9.76. The second kappa shape index (κ2) is 5.44. The molecule has 0 amide bonds. The largest absolute Gasteiger partial charge is 0.298 e. The monoisotopic (exact) mass is 222 g/mol. The average molecular weight is 222 g/mol. The van der Waals surface area contributed by atoms with Crippen molar-refractivity contribution in [3.63, 3.8) is 0 Å². The van der Waals surface area contributed by atoms with Crippen molar-refractivity contribution < 1.29 is 4.79 Å². The van der Waals surface area contributed by atoms with Crippen LogP contribution in [0.2, 0.25) is 6.82 Å². The molecule has 1 heterocycles. The van der Waals surface area contributed by atoms with Crippen molar-refractivity contribution in [2.24, 2.45) is 0 Å². The van der Waals surface area contributed by atoms with Gasteiger partial charge in [0.15, 0.2) is 13.6 Å². The Balaban J connectivity index is 2.40. The molecule has 0 bridgehead atoms. The van der Waals surface area contributed by atoms with Crippen molar-refractivity contribution in [2.75, 3.05) is 0 Å². The van der Waals surface area contributed by atoms with Gasteiger partial charge in [0.05, 0.1) is 0 Å². The Hall–Kier alpha value is -1.90. The number of hydrogen-bond acceptors (Lipinski definition) is 2. The van der Waals surface area contributed by atoms with Crippen LogP contribution >= 0.6 is 0 Å². The molecule has 2 aromatic rings. The number of nitrogens with zero attached hydrogens (tertiary/aromatic N) is 1. The maximum atomic E-state index is 11.0. The molecule has 3 heteroatoms. The summed E-state index contributed by atoms with van der Waals surface area (Å²) < 4.78 is 0. The van der Waals surface area contributed by atoms with Crippen LogP contribution in [0.4, 0.5) is 0 Å². The van der Waals surface area contributed by atoms with E-state index in [4.69, 9.17) is 0 Å². The van der Waals surface area contributed by atoms with Crippen LogP contribution in [0.25, 0.3) is 0 Å². The molecule has 17 heavy (non-hydrogen) atoms. The highest BCUT2D eigenvalue weighted by molar-refractivity contribution is 6.52. The minimum atomic E-state index is 0.671. The molecule has 1 aromatic heterocycles. The van der Waals surface area contributed by atoms with E-state index in [-0.39, 0.29) is 0 Å². The molecule has 0 unspecified atom stereocenters. The summed E-state index contributed by atoms with van der Waals surface area (Å²) in [7, 11) is 1.98. The lowest BCUT2D eigenvalue weighted by atomic mass is 9.70. The van der Waals surface area contributed by atoms with Gasteiger partial charge in [-0.1, -0.05) is 42.6 Å². The van der Waals surface area contributed by atoms with Gasteiger partial charge in [0, 0.05) is 18.0 Å². The summed E-state index contributed by atoms with van der Waals surface area (Å²) in [5.74, 6) is 0. The third kappa shape index (κ3) is 2.62. The molecule has 2 nitrogen and oxygen atoms in total. The molecular weight excluding hydrogens is 209 g/mol. The molecule has 0 aliphatic carbocycles. The fourth-order valence-electron chi connectivity index (χ4n) is 1.87. The summed E-state index contributed by atoms with van der Waals surface area (Å²) >= 11 is 0. The topological polar surface area (TPSA) is 30.0 Å². The van der Waals surface area contributed by atoms with E-state index in [0.717, 1.165) is 23.7 Å². The van der Waals surface area contributed by atoms with Gasteiger partial charge in [0.1, 0.15) is 0 Å². The minimum Gasteiger partial charge on any atom is -0.298 e. The van der Waals surface area contributed by atoms with Gasteiger partial charge in [-0.2, -0.15) is 0 Å². The van der Waals surface area contributed by atoms with Crippen LogP contribution in [0.5, 0.6) is 0 Å². The highest BCUT2D eigenvalue weighted by atomic mass is 16.1. The Morgan fingerprint density at radius 1 is 1.24 bits per heavy atom. The van der Waals surface area contributed by atoms with Gasteiger partial charge in [-0.05, 0) is 17.5 Å². The number of hydrogen-bond donors (Lipinski definition) is 0. The van der Waals surface area contributed by atoms with Gasteiger partial charge in [-0.15, -0.1) is 0 Å². The molecule has 0 spiro atoms. The molecule has 0 atom stereocenters. The predicted molar refractivity (Wildman–Crippen MR) is 70.1 cm³/mol. The maximum Gasteiger partial charge on any atom is 0.151 e. The zero-order chi connectivity index (χ0) is 12.1. The summed E-state index contributed by atoms with van der Waals surface area (Å²) in [6.45, 7) is 1.96. The number of aromatic nitrogens is 1. The van der Waals surface area contributed by atoms with Crippen molar-refractivity contribution in [2.45, 2.75) is 13.2 Å². The highest BCUT2D eigenvalue weighted by Gasteiger charge is 2.08. The first kappa shape index (κ1) is 11.6. The molecule has 0 fully saturated rings. The minimum absolute atomic E-state index is 0.671. The highest BCUT2D eigenvalue weighted by Crippen LogP contribution is 2.10. The van der Waals surface area contributed by atoms with E-state index >= 15 is 0 Å². The fourth-order valence-corrected chi connectivity index (χ4v) is 1.87. The number of carbonyl (C=O) groups excluding carboxylic acids is 1. The lowest BCUT2D eigenvalue weighted by molar-refractivity contribution is 0.112. The van der Waals surface area contributed by atoms with Crippen molar-refractivity contribution in [1.82, 2.24) is 4.98 Å². The number of aldehydes is 1. The summed E-state index contributed by atoms with van der Waals surface area (Å²) in [6, 6.07) is 10.1. The summed E-state index contributed by atoms with van der Waals surface area (Å²) in [6.07, 6.45) is 5.05. The zero-order valence-corrected chi connectivity index (χ0v) is 9.76. The lowest BCUT2D eigenvalue weighted by Gasteiger charge is -2.09. The molecule has 0 aliphatic heterocycles. The summed E-state index contributed by atoms with van der Waals surface area (Å²) in [4.78, 5) is 15.1. The standard InChI is InChI=1S/C14H13BNO/c1-15-14-9-16-8-12(10-17)13(14)7-11-5-3-2-4-6-11/h2-6,8-10H,7H2,1H3. The van der Waals surface area contributed by atoms with Crippen LogP contribution in [0.1, 0.15) is 21.5 Å². The Bertz CT molecular complexity index is 511. The van der Waals surface area contributed by atoms with Crippen LogP contribution in [0.3, 0.4) is 0 Å². The van der Waals surface area contributed by atoms with Gasteiger partial charge >= 0.3 is 0 Å². The van der Waals surface area contributed by atoms with Gasteiger partial charge < -0.3 is 0 Å². The Morgan fingerprint density at radius 3 is 2.65 bits per heavy atom. The smallest absolute Gasteiger partial charge is 0.151 e. The van der Waals surface area contributed by atoms with Gasteiger partial charge in [-0.25, -0.2) is 0 Å². The average Bonchev–Trinajstić information content (AvgIpc) is 2.40. The Kier molecular flexibility index (Phi) is 3.71. The van der Waals surface area contributed by atoms with E-state index in [9.17, 15) is 4.79 Å². The first-order valence-corrected chi connectivity index (χ1v) is 5.60. The lowest BCUT2D eigenvalue weighted by Crippen LogP contribution is -2.20. The normalized spacial score (nSPS) is 9.94. The fraction of sp³-hybridized carbons (Fsp3) is 0.143. The molecule has 1 radical (unpaired) electrons. The number of pyridine rings is 1. The maximum absolute atomic E-state index is 11.0. The molecule has 0 saturated carbocycles. The van der Waals surface area contributed by atoms with E-state index in [0.29, 0.717) is 5.56 Å². The molecular formula is C14H13BNO. The van der Waals surface area contributed by atoms with Crippen LogP contribution < -0.4 is 5.46 Å². The van der Waals surface area contributed by atoms with E-state index in [1.54, 1.807) is 12.4 Å². The molecule has 83 valence electrons.